The molecular formula is C15H12O4. The van der Waals surface area contributed by atoms with E-state index < -0.39 is 17.2 Å². The number of carbonyl (C=O) groups excluding carboxylic acids is 2. The van der Waals surface area contributed by atoms with Crippen molar-refractivity contribution in [3.05, 3.63) is 52.8 Å². The molecule has 19 heavy (non-hydrogen) atoms. The van der Waals surface area contributed by atoms with Crippen LogP contribution in [0, 0.1) is 0 Å². The summed E-state index contributed by atoms with van der Waals surface area (Å²) in [4.78, 5) is 24.0. The molecule has 1 aliphatic carbocycles. The molecule has 0 bridgehead atoms. The molecule has 0 aromatic heterocycles. The Morgan fingerprint density at radius 2 is 1.68 bits per heavy atom. The van der Waals surface area contributed by atoms with Crippen molar-refractivity contribution in [2.75, 3.05) is 0 Å². The molecule has 0 saturated heterocycles. The third kappa shape index (κ3) is 1.53. The van der Waals surface area contributed by atoms with Crippen LogP contribution >= 0.6 is 0 Å². The van der Waals surface area contributed by atoms with Gasteiger partial charge in [0.05, 0.1) is 5.57 Å². The second-order valence-electron chi connectivity index (χ2n) is 5.09. The van der Waals surface area contributed by atoms with Crippen LogP contribution in [0.15, 0.2) is 41.7 Å². The van der Waals surface area contributed by atoms with Crippen LogP contribution in [0.5, 0.6) is 0 Å². The molecule has 1 aliphatic heterocycles. The maximum atomic E-state index is 12.0. The number of hydrogen-bond acceptors (Lipinski definition) is 4. The van der Waals surface area contributed by atoms with Crippen molar-refractivity contribution in [1.82, 2.24) is 0 Å². The van der Waals surface area contributed by atoms with E-state index >= 15 is 0 Å². The van der Waals surface area contributed by atoms with Crippen molar-refractivity contribution in [2.45, 2.75) is 19.4 Å². The molecule has 1 N–H and O–H groups in total. The van der Waals surface area contributed by atoms with E-state index in [1.807, 2.05) is 0 Å². The van der Waals surface area contributed by atoms with Crippen LogP contribution in [0.3, 0.4) is 0 Å². The van der Waals surface area contributed by atoms with Crippen LogP contribution < -0.4 is 0 Å². The molecule has 0 unspecified atom stereocenters. The lowest BCUT2D eigenvalue weighted by atomic mass is 9.85. The molecule has 0 fully saturated rings. The van der Waals surface area contributed by atoms with E-state index in [1.54, 1.807) is 38.1 Å². The number of rotatable bonds is 0. The first kappa shape index (κ1) is 11.7. The number of hydrogen-bond donors (Lipinski definition) is 1. The van der Waals surface area contributed by atoms with Gasteiger partial charge in [-0.2, -0.15) is 0 Å². The predicted octanol–water partition coefficient (Wildman–Crippen LogP) is 2.41. The Morgan fingerprint density at radius 3 is 2.37 bits per heavy atom. The average molecular weight is 256 g/mol. The molecule has 0 radical (unpaired) electrons. The summed E-state index contributed by atoms with van der Waals surface area (Å²) in [5.74, 6) is -0.910. The summed E-state index contributed by atoms with van der Waals surface area (Å²) in [6.45, 7) is 3.40. The zero-order valence-corrected chi connectivity index (χ0v) is 10.6. The summed E-state index contributed by atoms with van der Waals surface area (Å²) in [7, 11) is 0. The van der Waals surface area contributed by atoms with Gasteiger partial charge in [-0.05, 0) is 19.9 Å². The molecule has 1 aromatic carbocycles. The molecule has 1 aromatic rings. The van der Waals surface area contributed by atoms with Gasteiger partial charge < -0.3 is 9.84 Å². The van der Waals surface area contributed by atoms with Gasteiger partial charge in [0.25, 0.3) is 0 Å². The number of ketones is 2. The van der Waals surface area contributed by atoms with Crippen molar-refractivity contribution in [1.29, 1.82) is 0 Å². The normalized spacial score (nSPS) is 20.4. The molecule has 4 nitrogen and oxygen atoms in total. The highest BCUT2D eigenvalue weighted by Gasteiger charge is 2.40. The third-order valence-electron chi connectivity index (χ3n) is 3.37. The van der Waals surface area contributed by atoms with E-state index in [4.69, 9.17) is 4.74 Å². The van der Waals surface area contributed by atoms with Crippen LogP contribution in [0.1, 0.15) is 29.8 Å². The van der Waals surface area contributed by atoms with Crippen LogP contribution in [-0.2, 0) is 9.53 Å². The first-order valence-electron chi connectivity index (χ1n) is 5.94. The van der Waals surface area contributed by atoms with E-state index in [0.29, 0.717) is 16.9 Å². The number of allylic oxidation sites excluding steroid dienone is 2. The fraction of sp³-hybridized carbons (Fsp3) is 0.200. The molecule has 2 aliphatic rings. The Morgan fingerprint density at radius 1 is 1.05 bits per heavy atom. The summed E-state index contributed by atoms with van der Waals surface area (Å²) in [6.07, 6.45) is 1.33. The second-order valence-corrected chi connectivity index (χ2v) is 5.09. The molecule has 0 atom stereocenters. The number of carbonyl (C=O) groups is 2. The predicted molar refractivity (Wildman–Crippen MR) is 68.6 cm³/mol. The van der Waals surface area contributed by atoms with E-state index in [2.05, 4.69) is 0 Å². The van der Waals surface area contributed by atoms with E-state index in [1.165, 1.54) is 6.08 Å². The maximum absolute atomic E-state index is 12.0. The molecule has 3 rings (SSSR count). The van der Waals surface area contributed by atoms with Gasteiger partial charge in [-0.3, -0.25) is 9.59 Å². The van der Waals surface area contributed by atoms with Crippen molar-refractivity contribution in [2.24, 2.45) is 0 Å². The maximum Gasteiger partial charge on any atom is 0.237 e. The Bertz CT molecular complexity index is 677. The lowest BCUT2D eigenvalue weighted by Gasteiger charge is -2.34. The summed E-state index contributed by atoms with van der Waals surface area (Å²) < 4.78 is 5.72. The molecule has 1 heterocycles. The van der Waals surface area contributed by atoms with Gasteiger partial charge in [0.15, 0.2) is 5.60 Å². The minimum atomic E-state index is -0.910. The molecule has 96 valence electrons. The summed E-state index contributed by atoms with van der Waals surface area (Å²) >= 11 is 0. The number of aliphatic hydroxyl groups excluding tert-OH is 1. The zero-order chi connectivity index (χ0) is 13.8. The Balaban J connectivity index is 2.29. The van der Waals surface area contributed by atoms with Crippen LogP contribution in [0.4, 0.5) is 0 Å². The van der Waals surface area contributed by atoms with Crippen LogP contribution in [-0.4, -0.2) is 22.3 Å². The monoisotopic (exact) mass is 256 g/mol. The number of benzene rings is 1. The molecular weight excluding hydrogens is 244 g/mol. The molecule has 4 heteroatoms. The molecule has 0 spiro atoms. The third-order valence-corrected chi connectivity index (χ3v) is 3.37. The first-order valence-corrected chi connectivity index (χ1v) is 5.94. The highest BCUT2D eigenvalue weighted by atomic mass is 16.5. The van der Waals surface area contributed by atoms with Gasteiger partial charge in [0, 0.05) is 11.1 Å². The standard InChI is InChI=1S/C15H12O4/c1-15(2)11(16)7-10-13(18)12(17)8-5-3-4-6-9(8)14(10)19-15/h3-7,16H,1-2H3. The molecule has 0 amide bonds. The number of ether oxygens (including phenoxy) is 1. The zero-order valence-electron chi connectivity index (χ0n) is 10.6. The SMILES string of the molecule is CC1(C)OC2=C(C=C1O)C(=O)C(=O)c1ccccc12. The van der Waals surface area contributed by atoms with Gasteiger partial charge in [-0.15, -0.1) is 0 Å². The van der Waals surface area contributed by atoms with Crippen molar-refractivity contribution in [3.63, 3.8) is 0 Å². The Kier molecular flexibility index (Phi) is 2.20. The first-order chi connectivity index (χ1) is 8.92. The highest BCUT2D eigenvalue weighted by molar-refractivity contribution is 6.53. The van der Waals surface area contributed by atoms with Gasteiger partial charge in [0.1, 0.15) is 11.5 Å². The summed E-state index contributed by atoms with van der Waals surface area (Å²) in [6, 6.07) is 6.83. The largest absolute Gasteiger partial charge is 0.508 e. The van der Waals surface area contributed by atoms with E-state index in [0.717, 1.165) is 0 Å². The fourth-order valence-electron chi connectivity index (χ4n) is 2.23. The van der Waals surface area contributed by atoms with Crippen molar-refractivity contribution in [3.8, 4) is 0 Å². The average Bonchev–Trinajstić information content (AvgIpc) is 2.38. The lowest BCUT2D eigenvalue weighted by Crippen LogP contribution is -2.34. The lowest BCUT2D eigenvalue weighted by molar-refractivity contribution is -0.111. The van der Waals surface area contributed by atoms with Crippen molar-refractivity contribution < 1.29 is 19.4 Å². The molecule has 0 saturated carbocycles. The van der Waals surface area contributed by atoms with Gasteiger partial charge in [0.2, 0.25) is 11.6 Å². The Hall–Kier alpha value is -2.36. The smallest absolute Gasteiger partial charge is 0.237 e. The Labute approximate surface area is 110 Å². The van der Waals surface area contributed by atoms with Gasteiger partial charge in [-0.1, -0.05) is 24.3 Å². The van der Waals surface area contributed by atoms with Crippen LogP contribution in [0.2, 0.25) is 0 Å². The summed E-state index contributed by atoms with van der Waals surface area (Å²) in [5, 5.41) is 9.87. The van der Waals surface area contributed by atoms with E-state index in [-0.39, 0.29) is 11.3 Å². The number of Topliss-reactive ketones (excluding diaryl/α,β-unsaturated/α-hetero) is 2. The minimum absolute atomic E-state index is 0.0632. The van der Waals surface area contributed by atoms with Crippen molar-refractivity contribution >= 4 is 17.3 Å². The quantitative estimate of drug-likeness (QED) is 0.724. The highest BCUT2D eigenvalue weighted by Crippen LogP contribution is 2.39. The number of aliphatic hydroxyl groups is 1. The van der Waals surface area contributed by atoms with Gasteiger partial charge in [-0.25, -0.2) is 0 Å². The van der Waals surface area contributed by atoms with Gasteiger partial charge >= 0.3 is 0 Å². The topological polar surface area (TPSA) is 63.6 Å². The van der Waals surface area contributed by atoms with E-state index in [9.17, 15) is 14.7 Å². The van der Waals surface area contributed by atoms with Crippen LogP contribution in [0.25, 0.3) is 5.76 Å². The summed E-state index contributed by atoms with van der Waals surface area (Å²) in [5.41, 5.74) is 0.156. The minimum Gasteiger partial charge on any atom is -0.508 e. The fourth-order valence-corrected chi connectivity index (χ4v) is 2.23. The second kappa shape index (κ2) is 3.57. The number of fused-ring (bicyclic) bond motifs is 2.